The van der Waals surface area contributed by atoms with Crippen LogP contribution < -0.4 is 0 Å². The lowest BCUT2D eigenvalue weighted by Gasteiger charge is -2.11. The first kappa shape index (κ1) is 22.8. The van der Waals surface area contributed by atoms with Gasteiger partial charge in [0.15, 0.2) is 17.5 Å². The first-order valence-corrected chi connectivity index (χ1v) is 14.1. The number of rotatable bonds is 4. The van der Waals surface area contributed by atoms with Crippen LogP contribution in [0.4, 0.5) is 0 Å². The maximum absolute atomic E-state index is 4.95. The summed E-state index contributed by atoms with van der Waals surface area (Å²) in [6, 6.07) is 44.1. The van der Waals surface area contributed by atoms with E-state index in [4.69, 9.17) is 15.0 Å². The Balaban J connectivity index is 1.35. The molecule has 0 fully saturated rings. The zero-order chi connectivity index (χ0) is 26.5. The van der Waals surface area contributed by atoms with Gasteiger partial charge in [-0.25, -0.2) is 15.0 Å². The van der Waals surface area contributed by atoms with Crippen molar-refractivity contribution in [3.8, 4) is 39.9 Å². The van der Waals surface area contributed by atoms with Crippen molar-refractivity contribution in [2.24, 2.45) is 0 Å². The highest BCUT2D eigenvalue weighted by Gasteiger charge is 2.16. The Hall–Kier alpha value is -5.13. The van der Waals surface area contributed by atoms with E-state index in [-0.39, 0.29) is 0 Å². The molecule has 3 heterocycles. The quantitative estimate of drug-likeness (QED) is 0.228. The van der Waals surface area contributed by atoms with Crippen molar-refractivity contribution < 1.29 is 0 Å². The lowest BCUT2D eigenvalue weighted by atomic mass is 10.1. The summed E-state index contributed by atoms with van der Waals surface area (Å²) in [4.78, 5) is 14.8. The molecule has 40 heavy (non-hydrogen) atoms. The number of thiophene rings is 1. The lowest BCUT2D eigenvalue weighted by Crippen LogP contribution is -2.01. The van der Waals surface area contributed by atoms with Crippen LogP contribution in [-0.2, 0) is 0 Å². The van der Waals surface area contributed by atoms with Crippen LogP contribution in [-0.4, -0.2) is 19.5 Å². The smallest absolute Gasteiger partial charge is 0.164 e. The molecule has 5 aromatic carbocycles. The van der Waals surface area contributed by atoms with Gasteiger partial charge in [0.25, 0.3) is 0 Å². The second-order valence-electron chi connectivity index (χ2n) is 9.77. The third kappa shape index (κ3) is 3.79. The molecule has 0 unspecified atom stereocenters. The Morgan fingerprint density at radius 2 is 1.10 bits per heavy atom. The van der Waals surface area contributed by atoms with Crippen LogP contribution in [0.25, 0.3) is 71.7 Å². The Kier molecular flexibility index (Phi) is 5.28. The summed E-state index contributed by atoms with van der Waals surface area (Å²) in [5.74, 6) is 1.97. The molecule has 0 bridgehead atoms. The van der Waals surface area contributed by atoms with Crippen LogP contribution in [0.5, 0.6) is 0 Å². The van der Waals surface area contributed by atoms with E-state index in [1.54, 1.807) is 11.3 Å². The predicted molar refractivity (Wildman–Crippen MR) is 166 cm³/mol. The van der Waals surface area contributed by atoms with Gasteiger partial charge in [-0.2, -0.15) is 0 Å². The Labute approximate surface area is 234 Å². The number of aromatic nitrogens is 4. The minimum Gasteiger partial charge on any atom is -0.309 e. The average Bonchev–Trinajstić information content (AvgIpc) is 3.62. The summed E-state index contributed by atoms with van der Waals surface area (Å²) in [6.07, 6.45) is 0. The molecule has 0 radical (unpaired) electrons. The van der Waals surface area contributed by atoms with Crippen molar-refractivity contribution >= 4 is 43.2 Å². The van der Waals surface area contributed by atoms with Gasteiger partial charge in [-0.15, -0.1) is 11.3 Å². The van der Waals surface area contributed by atoms with Gasteiger partial charge in [0.2, 0.25) is 0 Å². The predicted octanol–water partition coefficient (Wildman–Crippen LogP) is 9.18. The Morgan fingerprint density at radius 1 is 0.475 bits per heavy atom. The number of benzene rings is 5. The summed E-state index contributed by atoms with van der Waals surface area (Å²) < 4.78 is 3.63. The topological polar surface area (TPSA) is 43.6 Å². The SMILES string of the molecule is c1ccc(-c2nc(-c3ccccc3)nc(-c3cccc(-n4c5ccccc5c5cc6ccsc6cc54)c3)n2)cc1. The molecule has 0 aliphatic heterocycles. The highest BCUT2D eigenvalue weighted by Crippen LogP contribution is 2.37. The molecular formula is C35H22N4S. The van der Waals surface area contributed by atoms with Gasteiger partial charge in [0, 0.05) is 37.9 Å². The standard InChI is InChI=1S/C35H22N4S/c1-3-10-23(11-4-1)33-36-34(24-12-5-2-6-13-24)38-35(37-33)26-14-9-15-27(20-26)39-30-17-8-7-16-28(30)29-21-25-18-19-40-32(25)22-31(29)39/h1-22H. The highest BCUT2D eigenvalue weighted by molar-refractivity contribution is 7.17. The lowest BCUT2D eigenvalue weighted by molar-refractivity contribution is 1.07. The van der Waals surface area contributed by atoms with E-state index >= 15 is 0 Å². The number of hydrogen-bond acceptors (Lipinski definition) is 4. The monoisotopic (exact) mass is 530 g/mol. The van der Waals surface area contributed by atoms with Gasteiger partial charge in [-0.1, -0.05) is 91.0 Å². The first-order chi connectivity index (χ1) is 19.8. The van der Waals surface area contributed by atoms with E-state index in [0.717, 1.165) is 22.4 Å². The first-order valence-electron chi connectivity index (χ1n) is 13.2. The summed E-state index contributed by atoms with van der Waals surface area (Å²) >= 11 is 1.77. The normalized spacial score (nSPS) is 11.5. The molecule has 8 rings (SSSR count). The minimum atomic E-state index is 0.649. The molecule has 0 aliphatic carbocycles. The maximum Gasteiger partial charge on any atom is 0.164 e. The zero-order valence-electron chi connectivity index (χ0n) is 21.4. The molecule has 0 atom stereocenters. The van der Waals surface area contributed by atoms with Crippen LogP contribution >= 0.6 is 11.3 Å². The highest BCUT2D eigenvalue weighted by atomic mass is 32.1. The second kappa shape index (κ2) is 9.26. The van der Waals surface area contributed by atoms with Crippen molar-refractivity contribution in [1.29, 1.82) is 0 Å². The molecule has 4 nitrogen and oxygen atoms in total. The summed E-state index contributed by atoms with van der Waals surface area (Å²) in [7, 11) is 0. The van der Waals surface area contributed by atoms with Crippen molar-refractivity contribution in [2.75, 3.05) is 0 Å². The molecule has 3 aromatic heterocycles. The molecule has 188 valence electrons. The number of fused-ring (bicyclic) bond motifs is 4. The van der Waals surface area contributed by atoms with E-state index in [2.05, 4.69) is 76.7 Å². The fourth-order valence-electron chi connectivity index (χ4n) is 5.43. The third-order valence-electron chi connectivity index (χ3n) is 7.31. The molecule has 0 N–H and O–H groups in total. The zero-order valence-corrected chi connectivity index (χ0v) is 22.2. The van der Waals surface area contributed by atoms with Gasteiger partial charge < -0.3 is 4.57 Å². The molecule has 0 saturated carbocycles. The molecule has 5 heteroatoms. The summed E-state index contributed by atoms with van der Waals surface area (Å²) in [5, 5.41) is 5.94. The molecule has 0 saturated heterocycles. The average molecular weight is 531 g/mol. The van der Waals surface area contributed by atoms with Gasteiger partial charge in [0.1, 0.15) is 0 Å². The van der Waals surface area contributed by atoms with Crippen LogP contribution in [0.2, 0.25) is 0 Å². The van der Waals surface area contributed by atoms with Gasteiger partial charge in [0.05, 0.1) is 11.0 Å². The molecule has 0 aliphatic rings. The van der Waals surface area contributed by atoms with E-state index in [0.29, 0.717) is 17.5 Å². The van der Waals surface area contributed by atoms with E-state index in [1.807, 2.05) is 60.7 Å². The molecular weight excluding hydrogens is 508 g/mol. The molecule has 8 aromatic rings. The number of para-hydroxylation sites is 1. The number of nitrogens with zero attached hydrogens (tertiary/aromatic N) is 4. The van der Waals surface area contributed by atoms with E-state index < -0.39 is 0 Å². The fraction of sp³-hybridized carbons (Fsp3) is 0. The minimum absolute atomic E-state index is 0.649. The van der Waals surface area contributed by atoms with Crippen LogP contribution in [0.15, 0.2) is 133 Å². The van der Waals surface area contributed by atoms with Crippen molar-refractivity contribution in [3.63, 3.8) is 0 Å². The fourth-order valence-corrected chi connectivity index (χ4v) is 6.23. The van der Waals surface area contributed by atoms with E-state index in [1.165, 1.54) is 31.9 Å². The van der Waals surface area contributed by atoms with Crippen LogP contribution in [0.1, 0.15) is 0 Å². The summed E-state index contributed by atoms with van der Waals surface area (Å²) in [6.45, 7) is 0. The van der Waals surface area contributed by atoms with Crippen LogP contribution in [0.3, 0.4) is 0 Å². The Bertz CT molecular complexity index is 2100. The maximum atomic E-state index is 4.95. The van der Waals surface area contributed by atoms with Gasteiger partial charge >= 0.3 is 0 Å². The van der Waals surface area contributed by atoms with Gasteiger partial charge in [-0.3, -0.25) is 0 Å². The van der Waals surface area contributed by atoms with Crippen molar-refractivity contribution in [2.45, 2.75) is 0 Å². The number of hydrogen-bond donors (Lipinski definition) is 0. The van der Waals surface area contributed by atoms with Crippen molar-refractivity contribution in [3.05, 3.63) is 133 Å². The summed E-state index contributed by atoms with van der Waals surface area (Å²) in [5.41, 5.74) is 6.31. The second-order valence-corrected chi connectivity index (χ2v) is 10.7. The third-order valence-corrected chi connectivity index (χ3v) is 8.19. The van der Waals surface area contributed by atoms with Gasteiger partial charge in [-0.05, 0) is 47.2 Å². The van der Waals surface area contributed by atoms with Crippen molar-refractivity contribution in [1.82, 2.24) is 19.5 Å². The molecule has 0 spiro atoms. The molecule has 0 amide bonds. The van der Waals surface area contributed by atoms with E-state index in [9.17, 15) is 0 Å². The largest absolute Gasteiger partial charge is 0.309 e. The van der Waals surface area contributed by atoms with Crippen LogP contribution in [0, 0.1) is 0 Å². The Morgan fingerprint density at radius 3 is 1.82 bits per heavy atom.